The van der Waals surface area contributed by atoms with Gasteiger partial charge in [0.25, 0.3) is 5.56 Å². The van der Waals surface area contributed by atoms with Crippen LogP contribution in [0.3, 0.4) is 0 Å². The molecule has 0 aliphatic carbocycles. The number of rotatable bonds is 3. The molecule has 2 aliphatic heterocycles. The van der Waals surface area contributed by atoms with Crippen LogP contribution in [0.15, 0.2) is 11.1 Å². The molecule has 0 radical (unpaired) electrons. The fourth-order valence-electron chi connectivity index (χ4n) is 3.33. The molecule has 3 rings (SSSR count). The number of aromatic amines is 1. The van der Waals surface area contributed by atoms with Crippen LogP contribution in [0, 0.1) is 0 Å². The molecule has 6 nitrogen and oxygen atoms in total. The van der Waals surface area contributed by atoms with Gasteiger partial charge in [0.15, 0.2) is 5.82 Å². The predicted molar refractivity (Wildman–Crippen MR) is 72.8 cm³/mol. The van der Waals surface area contributed by atoms with Crippen molar-refractivity contribution >= 4 is 5.82 Å². The zero-order valence-corrected chi connectivity index (χ0v) is 11.3. The predicted octanol–water partition coefficient (Wildman–Crippen LogP) is 0.498. The number of ether oxygens (including phenoxy) is 1. The first-order chi connectivity index (χ1) is 9.19. The maximum absolute atomic E-state index is 11.7. The first kappa shape index (κ1) is 12.5. The lowest BCUT2D eigenvalue weighted by atomic mass is 9.98. The molecule has 1 aromatic heterocycles. The highest BCUT2D eigenvalue weighted by Gasteiger charge is 2.36. The number of H-pyrrole nitrogens is 1. The maximum atomic E-state index is 11.7. The smallest absolute Gasteiger partial charge is 0.295 e. The van der Waals surface area contributed by atoms with Gasteiger partial charge in [0.2, 0.25) is 5.75 Å². The van der Waals surface area contributed by atoms with Gasteiger partial charge in [-0.15, -0.1) is 0 Å². The summed E-state index contributed by atoms with van der Waals surface area (Å²) in [5, 5.41) is 3.62. The summed E-state index contributed by atoms with van der Waals surface area (Å²) in [5.74, 6) is 0.938. The molecule has 0 amide bonds. The molecule has 2 atom stereocenters. The van der Waals surface area contributed by atoms with Crippen molar-refractivity contribution in [3.63, 3.8) is 0 Å². The van der Waals surface area contributed by atoms with E-state index >= 15 is 0 Å². The minimum absolute atomic E-state index is 0.226. The fraction of sp³-hybridized carbons (Fsp3) is 0.692. The van der Waals surface area contributed by atoms with E-state index in [0.29, 0.717) is 29.7 Å². The van der Waals surface area contributed by atoms with Gasteiger partial charge in [0.1, 0.15) is 0 Å². The first-order valence-electron chi connectivity index (χ1n) is 6.79. The Morgan fingerprint density at radius 1 is 1.37 bits per heavy atom. The van der Waals surface area contributed by atoms with Crippen LogP contribution in [0.4, 0.5) is 5.82 Å². The normalized spacial score (nSPS) is 29.3. The van der Waals surface area contributed by atoms with Crippen LogP contribution in [0.1, 0.15) is 25.7 Å². The largest absolute Gasteiger partial charge is 0.489 e. The van der Waals surface area contributed by atoms with Gasteiger partial charge < -0.3 is 19.9 Å². The van der Waals surface area contributed by atoms with Gasteiger partial charge >= 0.3 is 0 Å². The van der Waals surface area contributed by atoms with Crippen LogP contribution in [0.2, 0.25) is 0 Å². The third-order valence-electron chi connectivity index (χ3n) is 4.33. The van der Waals surface area contributed by atoms with Crippen LogP contribution in [0.25, 0.3) is 0 Å². The van der Waals surface area contributed by atoms with E-state index in [9.17, 15) is 4.79 Å². The zero-order chi connectivity index (χ0) is 13.4. The van der Waals surface area contributed by atoms with Crippen LogP contribution in [0.5, 0.6) is 5.75 Å². The summed E-state index contributed by atoms with van der Waals surface area (Å²) in [6, 6.07) is 1.64. The van der Waals surface area contributed by atoms with Gasteiger partial charge in [-0.1, -0.05) is 0 Å². The Morgan fingerprint density at radius 2 is 2.05 bits per heavy atom. The van der Waals surface area contributed by atoms with E-state index in [1.165, 1.54) is 26.3 Å². The van der Waals surface area contributed by atoms with E-state index in [4.69, 9.17) is 4.74 Å². The van der Waals surface area contributed by atoms with Gasteiger partial charge in [0, 0.05) is 25.2 Å². The molecule has 2 N–H and O–H groups in total. The van der Waals surface area contributed by atoms with Crippen molar-refractivity contribution in [2.75, 3.05) is 19.1 Å². The minimum Gasteiger partial charge on any atom is -0.489 e. The Balaban J connectivity index is 1.86. The third kappa shape index (κ3) is 2.20. The Hall–Kier alpha value is -1.56. The van der Waals surface area contributed by atoms with Gasteiger partial charge in [-0.25, -0.2) is 4.98 Å². The molecule has 2 saturated heterocycles. The van der Waals surface area contributed by atoms with Crippen LogP contribution < -0.4 is 20.5 Å². The molecule has 2 unspecified atom stereocenters. The molecule has 0 spiro atoms. The van der Waals surface area contributed by atoms with Crippen molar-refractivity contribution in [3.8, 4) is 5.75 Å². The van der Waals surface area contributed by atoms with Crippen molar-refractivity contribution in [2.24, 2.45) is 0 Å². The van der Waals surface area contributed by atoms with E-state index in [-0.39, 0.29) is 5.56 Å². The van der Waals surface area contributed by atoms with E-state index in [0.717, 1.165) is 12.8 Å². The highest BCUT2D eigenvalue weighted by Crippen LogP contribution is 2.32. The maximum Gasteiger partial charge on any atom is 0.295 e. The number of nitrogens with one attached hydrogen (secondary N) is 2. The topological polar surface area (TPSA) is 70.2 Å². The Labute approximate surface area is 112 Å². The highest BCUT2D eigenvalue weighted by molar-refractivity contribution is 5.51. The average Bonchev–Trinajstić information content (AvgIpc) is 2.76. The van der Waals surface area contributed by atoms with Crippen LogP contribution >= 0.6 is 0 Å². The van der Waals surface area contributed by atoms with Crippen molar-refractivity contribution in [1.29, 1.82) is 0 Å². The summed E-state index contributed by atoms with van der Waals surface area (Å²) in [6.07, 6.45) is 6.16. The molecule has 0 saturated carbocycles. The van der Waals surface area contributed by atoms with Crippen molar-refractivity contribution in [1.82, 2.24) is 15.3 Å². The van der Waals surface area contributed by atoms with Crippen LogP contribution in [-0.4, -0.2) is 42.3 Å². The number of piperidine rings is 1. The van der Waals surface area contributed by atoms with Crippen molar-refractivity contribution < 1.29 is 4.74 Å². The number of hydrogen-bond donors (Lipinski definition) is 2. The van der Waals surface area contributed by atoms with Crippen LogP contribution in [-0.2, 0) is 0 Å². The highest BCUT2D eigenvalue weighted by atomic mass is 16.5. The number of fused-ring (bicyclic) bond motifs is 2. The number of nitrogens with zero attached hydrogens (tertiary/aromatic N) is 2. The number of hydrogen-bond acceptors (Lipinski definition) is 5. The van der Waals surface area contributed by atoms with Gasteiger partial charge in [0.05, 0.1) is 13.4 Å². The summed E-state index contributed by atoms with van der Waals surface area (Å²) in [6.45, 7) is 0. The Morgan fingerprint density at radius 3 is 2.68 bits per heavy atom. The second kappa shape index (κ2) is 4.85. The average molecular weight is 264 g/mol. The first-order valence-corrected chi connectivity index (χ1v) is 6.79. The van der Waals surface area contributed by atoms with Gasteiger partial charge in [-0.3, -0.25) is 4.79 Å². The summed E-state index contributed by atoms with van der Waals surface area (Å²) >= 11 is 0. The van der Waals surface area contributed by atoms with Crippen molar-refractivity contribution in [3.05, 3.63) is 16.7 Å². The SMILES string of the molecule is COc1c(N(C)C2CC3CCC(C2)N3)nc[nH]c1=O. The standard InChI is InChI=1S/C13H20N4O2/c1-17(10-5-8-3-4-9(6-10)16-8)12-11(19-2)13(18)15-7-14-12/h7-10,16H,3-6H2,1-2H3,(H,14,15,18). The number of anilines is 1. The summed E-state index contributed by atoms with van der Waals surface area (Å²) < 4.78 is 5.19. The second-order valence-electron chi connectivity index (χ2n) is 5.46. The summed E-state index contributed by atoms with van der Waals surface area (Å²) in [7, 11) is 3.51. The zero-order valence-electron chi connectivity index (χ0n) is 11.3. The van der Waals surface area contributed by atoms with E-state index < -0.39 is 0 Å². The molecule has 6 heteroatoms. The van der Waals surface area contributed by atoms with E-state index in [1.807, 2.05) is 7.05 Å². The molecule has 2 bridgehead atoms. The molecule has 19 heavy (non-hydrogen) atoms. The lowest BCUT2D eigenvalue weighted by Crippen LogP contribution is -2.47. The van der Waals surface area contributed by atoms with Gasteiger partial charge in [-0.05, 0) is 25.7 Å². The Bertz CT molecular complexity index is 504. The molecule has 0 aromatic carbocycles. The monoisotopic (exact) mass is 264 g/mol. The Kier molecular flexibility index (Phi) is 3.18. The van der Waals surface area contributed by atoms with E-state index in [2.05, 4.69) is 20.2 Å². The molecular formula is C13H20N4O2. The summed E-state index contributed by atoms with van der Waals surface area (Å²) in [5.41, 5.74) is -0.226. The lowest BCUT2D eigenvalue weighted by Gasteiger charge is -2.36. The molecule has 3 heterocycles. The molecule has 1 aromatic rings. The second-order valence-corrected chi connectivity index (χ2v) is 5.46. The molecule has 2 fully saturated rings. The summed E-state index contributed by atoms with van der Waals surface area (Å²) in [4.78, 5) is 20.7. The third-order valence-corrected chi connectivity index (χ3v) is 4.33. The molecule has 104 valence electrons. The quantitative estimate of drug-likeness (QED) is 0.832. The van der Waals surface area contributed by atoms with Gasteiger partial charge in [-0.2, -0.15) is 0 Å². The molecule has 2 aliphatic rings. The minimum atomic E-state index is -0.226. The molecular weight excluding hydrogens is 244 g/mol. The van der Waals surface area contributed by atoms with Crippen molar-refractivity contribution in [2.45, 2.75) is 43.8 Å². The fourth-order valence-corrected chi connectivity index (χ4v) is 3.33. The lowest BCUT2D eigenvalue weighted by molar-refractivity contribution is 0.349. The number of aromatic nitrogens is 2. The number of methoxy groups -OCH3 is 1. The van der Waals surface area contributed by atoms with E-state index in [1.54, 1.807) is 0 Å².